The Bertz CT molecular complexity index is 694. The first-order chi connectivity index (χ1) is 11.9. The molecule has 138 valence electrons. The largest absolute Gasteiger partial charge is 0.353 e. The Labute approximate surface area is 148 Å². The number of benzene rings is 1. The number of hydrogen-bond donors (Lipinski definition) is 1. The van der Waals surface area contributed by atoms with Gasteiger partial charge in [0.05, 0.1) is 10.6 Å². The summed E-state index contributed by atoms with van der Waals surface area (Å²) in [6.07, 6.45) is 4.42. The van der Waals surface area contributed by atoms with Crippen molar-refractivity contribution in [2.75, 3.05) is 25.4 Å². The number of rotatable bonds is 7. The first-order valence-corrected chi connectivity index (χ1v) is 10.6. The highest BCUT2D eigenvalue weighted by Crippen LogP contribution is 2.23. The highest BCUT2D eigenvalue weighted by atomic mass is 32.2. The van der Waals surface area contributed by atoms with E-state index in [1.54, 1.807) is 0 Å². The van der Waals surface area contributed by atoms with Crippen LogP contribution in [0, 0.1) is 11.7 Å². The molecule has 1 saturated carbocycles. The molecule has 1 heterocycles. The van der Waals surface area contributed by atoms with Gasteiger partial charge in [0, 0.05) is 12.0 Å². The number of carbonyl (C=O) groups is 1. The van der Waals surface area contributed by atoms with Gasteiger partial charge in [0.25, 0.3) is 0 Å². The minimum atomic E-state index is -3.37. The van der Waals surface area contributed by atoms with Gasteiger partial charge in [0.2, 0.25) is 5.91 Å². The summed E-state index contributed by atoms with van der Waals surface area (Å²) in [5.74, 6) is -0.103. The standard InChI is InChI=1S/C18H25FN2O3S/c19-15-2-6-17(7-3-15)25(23,24)13-1-10-21-11-8-14(9-12-21)18(22)20-16-4-5-16/h2-3,6-7,14,16H,1,4-5,8-13H2,(H,20,22). The Hall–Kier alpha value is -1.47. The lowest BCUT2D eigenvalue weighted by molar-refractivity contribution is -0.126. The molecule has 25 heavy (non-hydrogen) atoms. The van der Waals surface area contributed by atoms with E-state index in [4.69, 9.17) is 0 Å². The van der Waals surface area contributed by atoms with Crippen LogP contribution >= 0.6 is 0 Å². The number of hydrogen-bond acceptors (Lipinski definition) is 4. The van der Waals surface area contributed by atoms with E-state index in [1.807, 2.05) is 0 Å². The third kappa shape index (κ3) is 5.25. The molecule has 7 heteroatoms. The fourth-order valence-electron chi connectivity index (χ4n) is 3.20. The molecule has 0 atom stereocenters. The van der Waals surface area contributed by atoms with E-state index >= 15 is 0 Å². The molecule has 3 rings (SSSR count). The van der Waals surface area contributed by atoms with Crippen LogP contribution in [0.5, 0.6) is 0 Å². The smallest absolute Gasteiger partial charge is 0.223 e. The van der Waals surface area contributed by atoms with Crippen molar-refractivity contribution in [1.29, 1.82) is 0 Å². The van der Waals surface area contributed by atoms with E-state index < -0.39 is 15.7 Å². The zero-order valence-corrected chi connectivity index (χ0v) is 15.1. The zero-order chi connectivity index (χ0) is 17.9. The van der Waals surface area contributed by atoms with Gasteiger partial charge in [-0.15, -0.1) is 0 Å². The van der Waals surface area contributed by atoms with Crippen molar-refractivity contribution in [3.05, 3.63) is 30.1 Å². The van der Waals surface area contributed by atoms with E-state index in [-0.39, 0.29) is 22.5 Å². The van der Waals surface area contributed by atoms with Gasteiger partial charge in [-0.05, 0) is 76.0 Å². The molecule has 1 N–H and O–H groups in total. The lowest BCUT2D eigenvalue weighted by atomic mass is 9.96. The molecule has 0 spiro atoms. The summed E-state index contributed by atoms with van der Waals surface area (Å²) < 4.78 is 37.4. The molecule has 0 unspecified atom stereocenters. The average Bonchev–Trinajstić information content (AvgIpc) is 3.39. The van der Waals surface area contributed by atoms with Crippen LogP contribution in [0.2, 0.25) is 0 Å². The van der Waals surface area contributed by atoms with Crippen LogP contribution in [0.1, 0.15) is 32.1 Å². The highest BCUT2D eigenvalue weighted by Gasteiger charge is 2.29. The summed E-state index contributed by atoms with van der Waals surface area (Å²) in [6, 6.07) is 5.38. The van der Waals surface area contributed by atoms with Crippen molar-refractivity contribution in [3.8, 4) is 0 Å². The average molecular weight is 368 g/mol. The predicted octanol–water partition coefficient (Wildman–Crippen LogP) is 1.98. The van der Waals surface area contributed by atoms with Crippen molar-refractivity contribution in [1.82, 2.24) is 10.2 Å². The molecule has 1 aromatic rings. The minimum Gasteiger partial charge on any atom is -0.353 e. The summed E-state index contributed by atoms with van der Waals surface area (Å²) >= 11 is 0. The summed E-state index contributed by atoms with van der Waals surface area (Å²) in [6.45, 7) is 2.37. The lowest BCUT2D eigenvalue weighted by Crippen LogP contribution is -2.41. The van der Waals surface area contributed by atoms with Crippen molar-refractivity contribution in [2.24, 2.45) is 5.92 Å². The molecule has 2 fully saturated rings. The summed E-state index contributed by atoms with van der Waals surface area (Å²) in [7, 11) is -3.37. The second-order valence-corrected chi connectivity index (χ2v) is 9.13. The molecule has 0 radical (unpaired) electrons. The van der Waals surface area contributed by atoms with Crippen LogP contribution in [0.25, 0.3) is 0 Å². The van der Waals surface area contributed by atoms with Crippen LogP contribution in [-0.4, -0.2) is 50.7 Å². The Morgan fingerprint density at radius 2 is 1.76 bits per heavy atom. The lowest BCUT2D eigenvalue weighted by Gasteiger charge is -2.31. The first kappa shape index (κ1) is 18.3. The molecule has 0 bridgehead atoms. The van der Waals surface area contributed by atoms with Crippen LogP contribution < -0.4 is 5.32 Å². The second kappa shape index (κ2) is 7.83. The maximum Gasteiger partial charge on any atom is 0.223 e. The third-order valence-electron chi connectivity index (χ3n) is 4.94. The minimum absolute atomic E-state index is 0.0563. The number of halogens is 1. The molecular weight excluding hydrogens is 343 g/mol. The number of carbonyl (C=O) groups excluding carboxylic acids is 1. The summed E-state index contributed by atoms with van der Waals surface area (Å²) in [5, 5.41) is 3.06. The van der Waals surface area contributed by atoms with E-state index in [2.05, 4.69) is 10.2 Å². The van der Waals surface area contributed by atoms with Crippen molar-refractivity contribution in [2.45, 2.75) is 43.0 Å². The van der Waals surface area contributed by atoms with Gasteiger partial charge in [0.1, 0.15) is 5.82 Å². The Balaban J connectivity index is 1.39. The van der Waals surface area contributed by atoms with Crippen LogP contribution in [0.3, 0.4) is 0 Å². The highest BCUT2D eigenvalue weighted by molar-refractivity contribution is 7.91. The number of likely N-dealkylation sites (tertiary alicyclic amines) is 1. The van der Waals surface area contributed by atoms with Crippen molar-refractivity contribution in [3.63, 3.8) is 0 Å². The molecule has 2 aliphatic rings. The maximum atomic E-state index is 12.9. The predicted molar refractivity (Wildman–Crippen MR) is 93.4 cm³/mol. The topological polar surface area (TPSA) is 66.5 Å². The van der Waals surface area contributed by atoms with Crippen molar-refractivity contribution >= 4 is 15.7 Å². The molecular formula is C18H25FN2O3S. The van der Waals surface area contributed by atoms with Crippen LogP contribution in [0.15, 0.2) is 29.2 Å². The van der Waals surface area contributed by atoms with Gasteiger partial charge in [-0.25, -0.2) is 12.8 Å². The number of amides is 1. The number of nitrogens with one attached hydrogen (secondary N) is 1. The molecule has 5 nitrogen and oxygen atoms in total. The van der Waals surface area contributed by atoms with Gasteiger partial charge in [-0.1, -0.05) is 0 Å². The van der Waals surface area contributed by atoms with E-state index in [9.17, 15) is 17.6 Å². The number of sulfone groups is 1. The molecule has 1 aromatic carbocycles. The SMILES string of the molecule is O=C(NC1CC1)C1CCN(CCCS(=O)(=O)c2ccc(F)cc2)CC1. The molecule has 1 aliphatic heterocycles. The van der Waals surface area contributed by atoms with Crippen molar-refractivity contribution < 1.29 is 17.6 Å². The van der Waals surface area contributed by atoms with Gasteiger partial charge < -0.3 is 10.2 Å². The summed E-state index contributed by atoms with van der Waals surface area (Å²) in [4.78, 5) is 14.4. The Morgan fingerprint density at radius 1 is 1.12 bits per heavy atom. The fraction of sp³-hybridized carbons (Fsp3) is 0.611. The van der Waals surface area contributed by atoms with Gasteiger partial charge in [-0.2, -0.15) is 0 Å². The second-order valence-electron chi connectivity index (χ2n) is 7.03. The molecule has 1 saturated heterocycles. The third-order valence-corrected chi connectivity index (χ3v) is 6.76. The van der Waals surface area contributed by atoms with Crippen LogP contribution in [-0.2, 0) is 14.6 Å². The summed E-state index contributed by atoms with van der Waals surface area (Å²) in [5.41, 5.74) is 0. The number of nitrogens with zero attached hydrogens (tertiary/aromatic N) is 1. The van der Waals surface area contributed by atoms with Gasteiger partial charge in [-0.3, -0.25) is 4.79 Å². The van der Waals surface area contributed by atoms with Crippen LogP contribution in [0.4, 0.5) is 4.39 Å². The molecule has 0 aromatic heterocycles. The Morgan fingerprint density at radius 3 is 2.36 bits per heavy atom. The van der Waals surface area contributed by atoms with E-state index in [0.717, 1.165) is 38.8 Å². The van der Waals surface area contributed by atoms with E-state index in [1.165, 1.54) is 24.3 Å². The van der Waals surface area contributed by atoms with E-state index in [0.29, 0.717) is 19.0 Å². The quantitative estimate of drug-likeness (QED) is 0.748. The normalized spacial score (nSPS) is 19.7. The number of piperidine rings is 1. The molecule has 1 amide bonds. The first-order valence-electron chi connectivity index (χ1n) is 8.95. The van der Waals surface area contributed by atoms with Gasteiger partial charge in [0.15, 0.2) is 9.84 Å². The fourth-order valence-corrected chi connectivity index (χ4v) is 4.50. The van der Waals surface area contributed by atoms with Gasteiger partial charge >= 0.3 is 0 Å². The maximum absolute atomic E-state index is 12.9. The molecule has 1 aliphatic carbocycles. The monoisotopic (exact) mass is 368 g/mol. The Kier molecular flexibility index (Phi) is 5.74. The zero-order valence-electron chi connectivity index (χ0n) is 14.3.